The van der Waals surface area contributed by atoms with Crippen molar-refractivity contribution in [3.05, 3.63) is 99.3 Å². The van der Waals surface area contributed by atoms with Gasteiger partial charge >= 0.3 is 5.97 Å². The summed E-state index contributed by atoms with van der Waals surface area (Å²) >= 11 is 6.63. The van der Waals surface area contributed by atoms with Crippen LogP contribution in [-0.4, -0.2) is 25.2 Å². The predicted molar refractivity (Wildman–Crippen MR) is 112 cm³/mol. The highest BCUT2D eigenvalue weighted by atomic mass is 35.5. The van der Waals surface area contributed by atoms with Crippen molar-refractivity contribution in [2.45, 2.75) is 19.5 Å². The van der Waals surface area contributed by atoms with Crippen LogP contribution < -0.4 is 5.43 Å². The Morgan fingerprint density at radius 2 is 2.00 bits per heavy atom. The minimum Gasteiger partial charge on any atom is -0.477 e. The van der Waals surface area contributed by atoms with Gasteiger partial charge < -0.3 is 14.2 Å². The first-order chi connectivity index (χ1) is 14.0. The fourth-order valence-corrected chi connectivity index (χ4v) is 3.89. The largest absolute Gasteiger partial charge is 0.477 e. The number of fused-ring (bicyclic) bond motifs is 1. The van der Waals surface area contributed by atoms with Crippen LogP contribution in [0.15, 0.2) is 72.2 Å². The van der Waals surface area contributed by atoms with Crippen LogP contribution in [0.4, 0.5) is 0 Å². The third-order valence-corrected chi connectivity index (χ3v) is 5.33. The van der Waals surface area contributed by atoms with E-state index in [-0.39, 0.29) is 17.0 Å². The van der Waals surface area contributed by atoms with E-state index in [1.165, 1.54) is 6.20 Å². The maximum absolute atomic E-state index is 12.7. The summed E-state index contributed by atoms with van der Waals surface area (Å²) in [6.07, 6.45) is 6.67. The van der Waals surface area contributed by atoms with Gasteiger partial charge in [-0.1, -0.05) is 41.9 Å². The van der Waals surface area contributed by atoms with Gasteiger partial charge in [0.15, 0.2) is 0 Å². The number of aromatic nitrogens is 3. The summed E-state index contributed by atoms with van der Waals surface area (Å²) in [5.74, 6) is -1.25. The maximum Gasteiger partial charge on any atom is 0.341 e. The lowest BCUT2D eigenvalue weighted by atomic mass is 9.96. The second-order valence-corrected chi connectivity index (χ2v) is 7.08. The van der Waals surface area contributed by atoms with E-state index in [9.17, 15) is 14.7 Å². The number of carbonyl (C=O) groups is 1. The molecule has 1 unspecified atom stereocenters. The van der Waals surface area contributed by atoms with E-state index in [2.05, 4.69) is 4.98 Å². The van der Waals surface area contributed by atoms with E-state index in [1.54, 1.807) is 23.2 Å². The fraction of sp³-hybridized carbons (Fsp3) is 0.136. The number of hydrogen-bond acceptors (Lipinski definition) is 3. The standard InChI is InChI=1S/C22H18ClN3O3/c1-2-25-12-17(22(28)29)21(27)16-10-18(23)15(11-19(16)25)20(26-9-8-24-13-26)14-6-4-3-5-7-14/h3-13,20H,2H2,1H3,(H,28,29). The Balaban J connectivity index is 2.03. The van der Waals surface area contributed by atoms with Crippen molar-refractivity contribution in [1.29, 1.82) is 0 Å². The molecule has 0 radical (unpaired) electrons. The topological polar surface area (TPSA) is 77.1 Å². The number of nitrogens with zero attached hydrogens (tertiary/aromatic N) is 3. The molecule has 0 bridgehead atoms. The molecule has 6 nitrogen and oxygen atoms in total. The SMILES string of the molecule is CCn1cc(C(=O)O)c(=O)c2cc(Cl)c(C(c3ccccc3)n3ccnc3)cc21. The molecule has 1 N–H and O–H groups in total. The lowest BCUT2D eigenvalue weighted by molar-refractivity contribution is 0.0695. The first-order valence-electron chi connectivity index (χ1n) is 9.13. The van der Waals surface area contributed by atoms with Gasteiger partial charge in [0.2, 0.25) is 5.43 Å². The van der Waals surface area contributed by atoms with Crippen molar-refractivity contribution in [2.75, 3.05) is 0 Å². The number of aryl methyl sites for hydroxylation is 1. The van der Waals surface area contributed by atoms with Crippen LogP contribution in [0.2, 0.25) is 5.02 Å². The number of carboxylic acids is 1. The van der Waals surface area contributed by atoms with Crippen molar-refractivity contribution in [2.24, 2.45) is 0 Å². The molecule has 0 fully saturated rings. The Kier molecular flexibility index (Phi) is 4.94. The number of imidazole rings is 1. The predicted octanol–water partition coefficient (Wildman–Crippen LogP) is 4.21. The van der Waals surface area contributed by atoms with Crippen molar-refractivity contribution in [3.63, 3.8) is 0 Å². The zero-order chi connectivity index (χ0) is 20.5. The highest BCUT2D eigenvalue weighted by molar-refractivity contribution is 6.32. The van der Waals surface area contributed by atoms with Gasteiger partial charge in [-0.05, 0) is 24.6 Å². The van der Waals surface area contributed by atoms with Crippen LogP contribution in [0, 0.1) is 0 Å². The van der Waals surface area contributed by atoms with E-state index in [0.717, 1.165) is 11.1 Å². The smallest absolute Gasteiger partial charge is 0.341 e. The molecule has 0 spiro atoms. The Bertz CT molecular complexity index is 1250. The zero-order valence-corrected chi connectivity index (χ0v) is 16.4. The molecule has 4 rings (SSSR count). The Hall–Kier alpha value is -3.38. The highest BCUT2D eigenvalue weighted by Crippen LogP contribution is 2.34. The second kappa shape index (κ2) is 7.56. The summed E-state index contributed by atoms with van der Waals surface area (Å²) < 4.78 is 3.71. The first-order valence-corrected chi connectivity index (χ1v) is 9.51. The molecule has 2 heterocycles. The number of pyridine rings is 1. The molecule has 2 aromatic heterocycles. The zero-order valence-electron chi connectivity index (χ0n) is 15.6. The van der Waals surface area contributed by atoms with E-state index in [1.807, 2.05) is 54.1 Å². The molecular formula is C22H18ClN3O3. The van der Waals surface area contributed by atoms with E-state index in [0.29, 0.717) is 17.1 Å². The molecular weight excluding hydrogens is 390 g/mol. The number of hydrogen-bond donors (Lipinski definition) is 1. The average molecular weight is 408 g/mol. The summed E-state index contributed by atoms with van der Waals surface area (Å²) in [6.45, 7) is 2.41. The van der Waals surface area contributed by atoms with Crippen LogP contribution in [0.3, 0.4) is 0 Å². The monoisotopic (exact) mass is 407 g/mol. The van der Waals surface area contributed by atoms with E-state index < -0.39 is 11.4 Å². The summed E-state index contributed by atoms with van der Waals surface area (Å²) in [5, 5.41) is 10.1. The summed E-state index contributed by atoms with van der Waals surface area (Å²) in [7, 11) is 0. The quantitative estimate of drug-likeness (QED) is 0.537. The molecule has 1 atom stereocenters. The number of carboxylic acid groups (broad SMARTS) is 1. The molecule has 29 heavy (non-hydrogen) atoms. The van der Waals surface area contributed by atoms with Gasteiger partial charge in [0.05, 0.1) is 17.9 Å². The third kappa shape index (κ3) is 3.32. The minimum atomic E-state index is -1.25. The van der Waals surface area contributed by atoms with Crippen LogP contribution >= 0.6 is 11.6 Å². The van der Waals surface area contributed by atoms with Gasteiger partial charge in [-0.3, -0.25) is 4.79 Å². The number of benzene rings is 2. The normalized spacial score (nSPS) is 12.2. The fourth-order valence-electron chi connectivity index (χ4n) is 3.62. The van der Waals surface area contributed by atoms with Crippen LogP contribution in [0.1, 0.15) is 34.5 Å². The number of rotatable bonds is 5. The lowest BCUT2D eigenvalue weighted by Crippen LogP contribution is -2.19. The Morgan fingerprint density at radius 1 is 1.24 bits per heavy atom. The maximum atomic E-state index is 12.7. The Morgan fingerprint density at radius 3 is 2.62 bits per heavy atom. The molecule has 2 aromatic carbocycles. The van der Waals surface area contributed by atoms with Crippen LogP contribution in [-0.2, 0) is 6.54 Å². The first kappa shape index (κ1) is 19.0. The molecule has 0 saturated heterocycles. The second-order valence-electron chi connectivity index (χ2n) is 6.68. The van der Waals surface area contributed by atoms with Gasteiger partial charge in [-0.15, -0.1) is 0 Å². The van der Waals surface area contributed by atoms with Crippen LogP contribution in [0.5, 0.6) is 0 Å². The average Bonchev–Trinajstić information content (AvgIpc) is 3.24. The van der Waals surface area contributed by atoms with E-state index in [4.69, 9.17) is 11.6 Å². The lowest BCUT2D eigenvalue weighted by Gasteiger charge is -2.22. The van der Waals surface area contributed by atoms with Crippen molar-refractivity contribution in [3.8, 4) is 0 Å². The molecule has 0 amide bonds. The third-order valence-electron chi connectivity index (χ3n) is 5.00. The van der Waals surface area contributed by atoms with Gasteiger partial charge in [-0.25, -0.2) is 9.78 Å². The number of aromatic carboxylic acids is 1. The molecule has 0 aliphatic carbocycles. The van der Waals surface area contributed by atoms with Gasteiger partial charge in [-0.2, -0.15) is 0 Å². The molecule has 0 aliphatic rings. The van der Waals surface area contributed by atoms with Crippen LogP contribution in [0.25, 0.3) is 10.9 Å². The molecule has 4 aromatic rings. The summed E-state index contributed by atoms with van der Waals surface area (Å²) in [6, 6.07) is 13.1. The molecule has 7 heteroatoms. The molecule has 0 saturated carbocycles. The minimum absolute atomic E-state index is 0.241. The van der Waals surface area contributed by atoms with Gasteiger partial charge in [0, 0.05) is 41.1 Å². The van der Waals surface area contributed by atoms with Crippen molar-refractivity contribution in [1.82, 2.24) is 14.1 Å². The number of halogens is 1. The van der Waals surface area contributed by atoms with Gasteiger partial charge in [0.25, 0.3) is 0 Å². The summed E-state index contributed by atoms with van der Waals surface area (Å²) in [4.78, 5) is 28.3. The Labute approximate surface area is 171 Å². The van der Waals surface area contributed by atoms with Crippen molar-refractivity contribution < 1.29 is 9.90 Å². The van der Waals surface area contributed by atoms with Gasteiger partial charge in [0.1, 0.15) is 5.56 Å². The molecule has 146 valence electrons. The highest BCUT2D eigenvalue weighted by Gasteiger charge is 2.22. The molecule has 0 aliphatic heterocycles. The van der Waals surface area contributed by atoms with Crippen molar-refractivity contribution >= 4 is 28.5 Å². The van der Waals surface area contributed by atoms with E-state index >= 15 is 0 Å². The summed E-state index contributed by atoms with van der Waals surface area (Å²) in [5.41, 5.74) is 1.65.